The van der Waals surface area contributed by atoms with Gasteiger partial charge in [0, 0.05) is 25.7 Å². The molecule has 4 nitrogen and oxygen atoms in total. The molecule has 0 rings (SSSR count). The van der Waals surface area contributed by atoms with E-state index in [9.17, 15) is 5.26 Å². The molecule has 0 spiro atoms. The summed E-state index contributed by atoms with van der Waals surface area (Å²) in [4.78, 5) is 2.45. The van der Waals surface area contributed by atoms with Crippen LogP contribution in [0.3, 0.4) is 0 Å². The summed E-state index contributed by atoms with van der Waals surface area (Å²) in [5.74, 6) is 0. The van der Waals surface area contributed by atoms with E-state index in [1.807, 2.05) is 6.92 Å². The van der Waals surface area contributed by atoms with Crippen LogP contribution < -0.4 is 5.32 Å². The molecule has 20 heavy (non-hydrogen) atoms. The predicted octanol–water partition coefficient (Wildman–Crippen LogP) is 2.79. The SMILES string of the molecule is CCCNC(C)(C#N)CC(C)N(CCOC)C(C)CC. The second kappa shape index (κ2) is 10.1. The Bertz CT molecular complexity index is 290. The van der Waals surface area contributed by atoms with E-state index in [4.69, 9.17) is 4.74 Å². The average molecular weight is 283 g/mol. The average Bonchev–Trinajstić information content (AvgIpc) is 2.45. The van der Waals surface area contributed by atoms with E-state index in [2.05, 4.69) is 44.0 Å². The first-order chi connectivity index (χ1) is 9.44. The Morgan fingerprint density at radius 3 is 2.40 bits per heavy atom. The molecule has 0 saturated heterocycles. The fourth-order valence-corrected chi connectivity index (χ4v) is 2.57. The van der Waals surface area contributed by atoms with Gasteiger partial charge in [-0.05, 0) is 46.6 Å². The third-order valence-electron chi connectivity index (χ3n) is 3.99. The van der Waals surface area contributed by atoms with Crippen LogP contribution in [0.4, 0.5) is 0 Å². The van der Waals surface area contributed by atoms with Crippen molar-refractivity contribution < 1.29 is 4.74 Å². The normalized spacial score (nSPS) is 17.5. The predicted molar refractivity (Wildman–Crippen MR) is 84.7 cm³/mol. The van der Waals surface area contributed by atoms with E-state index >= 15 is 0 Å². The minimum atomic E-state index is -0.450. The van der Waals surface area contributed by atoms with Crippen molar-refractivity contribution >= 4 is 0 Å². The van der Waals surface area contributed by atoms with Gasteiger partial charge in [0.05, 0.1) is 12.7 Å². The Kier molecular flexibility index (Phi) is 9.83. The van der Waals surface area contributed by atoms with Gasteiger partial charge < -0.3 is 4.74 Å². The van der Waals surface area contributed by atoms with Crippen molar-refractivity contribution in [2.24, 2.45) is 0 Å². The van der Waals surface area contributed by atoms with Crippen molar-refractivity contribution in [1.29, 1.82) is 5.26 Å². The number of methoxy groups -OCH3 is 1. The first kappa shape index (κ1) is 19.4. The lowest BCUT2D eigenvalue weighted by Crippen LogP contribution is -2.50. The Balaban J connectivity index is 4.70. The van der Waals surface area contributed by atoms with Gasteiger partial charge in [0.1, 0.15) is 5.54 Å². The lowest BCUT2D eigenvalue weighted by Gasteiger charge is -2.37. The maximum absolute atomic E-state index is 9.46. The second-order valence-electron chi connectivity index (χ2n) is 5.91. The summed E-state index contributed by atoms with van der Waals surface area (Å²) in [6, 6.07) is 3.31. The highest BCUT2D eigenvalue weighted by atomic mass is 16.5. The van der Waals surface area contributed by atoms with Crippen molar-refractivity contribution in [3.05, 3.63) is 0 Å². The van der Waals surface area contributed by atoms with Crippen LogP contribution in [0, 0.1) is 11.3 Å². The largest absolute Gasteiger partial charge is 0.383 e. The molecule has 3 unspecified atom stereocenters. The number of ether oxygens (including phenoxy) is 1. The third kappa shape index (κ3) is 6.69. The molecule has 0 amide bonds. The van der Waals surface area contributed by atoms with Crippen LogP contribution in [0.2, 0.25) is 0 Å². The molecule has 0 aromatic carbocycles. The van der Waals surface area contributed by atoms with Crippen molar-refractivity contribution in [3.63, 3.8) is 0 Å². The summed E-state index contributed by atoms with van der Waals surface area (Å²) >= 11 is 0. The maximum atomic E-state index is 9.46. The number of nitrogens with one attached hydrogen (secondary N) is 1. The molecular formula is C16H33N3O. The van der Waals surface area contributed by atoms with Crippen LogP contribution >= 0.6 is 0 Å². The van der Waals surface area contributed by atoms with E-state index in [0.29, 0.717) is 12.1 Å². The van der Waals surface area contributed by atoms with E-state index in [0.717, 1.165) is 39.0 Å². The molecule has 0 heterocycles. The number of nitriles is 1. The number of hydrogen-bond acceptors (Lipinski definition) is 4. The quantitative estimate of drug-likeness (QED) is 0.633. The molecule has 0 aromatic rings. The van der Waals surface area contributed by atoms with Crippen molar-refractivity contribution in [2.75, 3.05) is 26.8 Å². The lowest BCUT2D eigenvalue weighted by molar-refractivity contribution is 0.0827. The molecular weight excluding hydrogens is 250 g/mol. The number of hydrogen-bond donors (Lipinski definition) is 1. The first-order valence-corrected chi connectivity index (χ1v) is 7.85. The van der Waals surface area contributed by atoms with Crippen molar-refractivity contribution in [3.8, 4) is 6.07 Å². The molecule has 1 N–H and O–H groups in total. The fraction of sp³-hybridized carbons (Fsp3) is 0.938. The molecule has 4 heteroatoms. The van der Waals surface area contributed by atoms with Gasteiger partial charge in [0.2, 0.25) is 0 Å². The molecule has 0 saturated carbocycles. The zero-order valence-electron chi connectivity index (χ0n) is 14.2. The Morgan fingerprint density at radius 2 is 1.95 bits per heavy atom. The van der Waals surface area contributed by atoms with E-state index in [1.165, 1.54) is 0 Å². The van der Waals surface area contributed by atoms with Crippen LogP contribution in [0.25, 0.3) is 0 Å². The van der Waals surface area contributed by atoms with Gasteiger partial charge in [-0.15, -0.1) is 0 Å². The Labute approximate surface area is 125 Å². The van der Waals surface area contributed by atoms with Gasteiger partial charge in [-0.2, -0.15) is 5.26 Å². The third-order valence-corrected chi connectivity index (χ3v) is 3.99. The number of nitrogens with zero attached hydrogens (tertiary/aromatic N) is 2. The minimum absolute atomic E-state index is 0.356. The molecule has 0 fully saturated rings. The van der Waals surface area contributed by atoms with E-state index in [1.54, 1.807) is 7.11 Å². The molecule has 118 valence electrons. The van der Waals surface area contributed by atoms with Crippen LogP contribution in [0.1, 0.15) is 53.9 Å². The van der Waals surface area contributed by atoms with Crippen molar-refractivity contribution in [2.45, 2.75) is 71.5 Å². The molecule has 0 aliphatic heterocycles. The van der Waals surface area contributed by atoms with Crippen LogP contribution in [-0.2, 0) is 4.74 Å². The lowest BCUT2D eigenvalue weighted by atomic mass is 9.93. The van der Waals surface area contributed by atoms with Gasteiger partial charge in [-0.25, -0.2) is 0 Å². The molecule has 0 aromatic heterocycles. The summed E-state index contributed by atoms with van der Waals surface area (Å²) in [7, 11) is 1.74. The smallest absolute Gasteiger partial charge is 0.105 e. The second-order valence-corrected chi connectivity index (χ2v) is 5.91. The highest BCUT2D eigenvalue weighted by Gasteiger charge is 2.29. The zero-order chi connectivity index (χ0) is 15.6. The Hall–Kier alpha value is -0.630. The standard InChI is InChI=1S/C16H33N3O/c1-7-9-18-16(5,13-17)12-15(4)19(10-11-20-6)14(3)8-2/h14-15,18H,7-12H2,1-6H3. The van der Waals surface area contributed by atoms with Crippen LogP contribution in [0.15, 0.2) is 0 Å². The summed E-state index contributed by atoms with van der Waals surface area (Å²) in [5.41, 5.74) is -0.450. The number of rotatable bonds is 11. The monoisotopic (exact) mass is 283 g/mol. The summed E-state index contributed by atoms with van der Waals surface area (Å²) in [5, 5.41) is 12.8. The molecule has 0 bridgehead atoms. The topological polar surface area (TPSA) is 48.3 Å². The highest BCUT2D eigenvalue weighted by Crippen LogP contribution is 2.19. The van der Waals surface area contributed by atoms with E-state index < -0.39 is 5.54 Å². The fourth-order valence-electron chi connectivity index (χ4n) is 2.57. The van der Waals surface area contributed by atoms with Gasteiger partial charge in [0.15, 0.2) is 0 Å². The molecule has 3 atom stereocenters. The highest BCUT2D eigenvalue weighted by molar-refractivity contribution is 5.05. The van der Waals surface area contributed by atoms with Gasteiger partial charge >= 0.3 is 0 Å². The van der Waals surface area contributed by atoms with Crippen LogP contribution in [-0.4, -0.2) is 49.3 Å². The van der Waals surface area contributed by atoms with Gasteiger partial charge in [0.25, 0.3) is 0 Å². The summed E-state index contributed by atoms with van der Waals surface area (Å²) in [6.07, 6.45) is 2.99. The Morgan fingerprint density at radius 1 is 1.30 bits per heavy atom. The van der Waals surface area contributed by atoms with Crippen molar-refractivity contribution in [1.82, 2.24) is 10.2 Å². The summed E-state index contributed by atoms with van der Waals surface area (Å²) < 4.78 is 5.22. The molecule has 0 aliphatic rings. The zero-order valence-corrected chi connectivity index (χ0v) is 14.2. The van der Waals surface area contributed by atoms with Gasteiger partial charge in [-0.3, -0.25) is 10.2 Å². The minimum Gasteiger partial charge on any atom is -0.383 e. The van der Waals surface area contributed by atoms with E-state index in [-0.39, 0.29) is 0 Å². The van der Waals surface area contributed by atoms with Gasteiger partial charge in [-0.1, -0.05) is 13.8 Å². The molecule has 0 aliphatic carbocycles. The van der Waals surface area contributed by atoms with Crippen LogP contribution in [0.5, 0.6) is 0 Å². The first-order valence-electron chi connectivity index (χ1n) is 7.85. The maximum Gasteiger partial charge on any atom is 0.105 e. The molecule has 0 radical (unpaired) electrons. The summed E-state index contributed by atoms with van der Waals surface area (Å²) in [6.45, 7) is 13.3.